The Morgan fingerprint density at radius 2 is 1.98 bits per heavy atom. The van der Waals surface area contributed by atoms with Crippen molar-refractivity contribution in [1.82, 2.24) is 29.9 Å². The van der Waals surface area contributed by atoms with E-state index in [4.69, 9.17) is 30.0 Å². The van der Waals surface area contributed by atoms with Crippen molar-refractivity contribution in [2.75, 3.05) is 12.3 Å². The van der Waals surface area contributed by atoms with Gasteiger partial charge in [0.25, 0.3) is 5.79 Å². The normalized spacial score (nSPS) is 32.0. The summed E-state index contributed by atoms with van der Waals surface area (Å²) in [5, 5.41) is 73.2. The molecule has 1 unspecified atom stereocenters. The molecule has 0 spiro atoms. The molecule has 0 radical (unpaired) electrons. The van der Waals surface area contributed by atoms with Crippen LogP contribution < -0.4 is 22.5 Å². The van der Waals surface area contributed by atoms with Crippen molar-refractivity contribution >= 4 is 25.5 Å². The molecule has 0 aromatic carbocycles. The number of carbonyl (C=O) groups excluding carboxylic acids is 1. The Balaban J connectivity index is 1.51. The molecule has 0 bridgehead atoms. The zero-order chi connectivity index (χ0) is 34.8. The average molecular weight is 695 g/mol. The Bertz CT molecular complexity index is 1540. The molecule has 12 N–H and O–H groups in total. The summed E-state index contributed by atoms with van der Waals surface area (Å²) in [4.78, 5) is 50.4. The smallest absolute Gasteiger partial charge is 0.475 e. The number of carboxylic acid groups (broad SMARTS) is 1. The lowest BCUT2D eigenvalue weighted by Gasteiger charge is -2.46. The molecule has 1 amide bonds. The number of aromatic nitrogens is 5. The number of phosphoric acid groups is 1. The predicted molar refractivity (Wildman–Crippen MR) is 149 cm³/mol. The van der Waals surface area contributed by atoms with E-state index in [2.05, 4.69) is 20.6 Å². The van der Waals surface area contributed by atoms with Crippen LogP contribution in [0.25, 0.3) is 0 Å². The summed E-state index contributed by atoms with van der Waals surface area (Å²) in [6.45, 7) is -0.409. The van der Waals surface area contributed by atoms with Crippen LogP contribution in [-0.2, 0) is 45.8 Å². The van der Waals surface area contributed by atoms with Gasteiger partial charge in [0.15, 0.2) is 6.23 Å². The number of hydrogen-bond acceptors (Lipinski definition) is 18. The van der Waals surface area contributed by atoms with Gasteiger partial charge < -0.3 is 61.8 Å². The van der Waals surface area contributed by atoms with Gasteiger partial charge in [0.05, 0.1) is 31.0 Å². The van der Waals surface area contributed by atoms with Crippen LogP contribution in [0, 0.1) is 0 Å². The minimum atomic E-state index is -5.55. The molecule has 11 atom stereocenters. The molecule has 0 saturated carbocycles. The zero-order valence-corrected chi connectivity index (χ0v) is 25.4. The van der Waals surface area contributed by atoms with Gasteiger partial charge in [-0.05, 0) is 6.07 Å². The van der Waals surface area contributed by atoms with Crippen LogP contribution in [0.3, 0.4) is 0 Å². The summed E-state index contributed by atoms with van der Waals surface area (Å²) in [6, 6.07) is -0.353. The zero-order valence-electron chi connectivity index (χ0n) is 24.5. The highest BCUT2D eigenvalue weighted by Gasteiger charge is 2.59. The second kappa shape index (κ2) is 14.3. The number of anilines is 1. The third-order valence-corrected chi connectivity index (χ3v) is 8.30. The number of carbonyl (C=O) groups is 2. The number of nitrogens with two attached hydrogens (primary N) is 2. The number of rotatable bonds is 13. The molecular formula is C23H35N8O15P. The number of aliphatic hydroxyl groups is 5. The van der Waals surface area contributed by atoms with Crippen molar-refractivity contribution in [3.8, 4) is 0 Å². The van der Waals surface area contributed by atoms with Crippen LogP contribution >= 0.6 is 7.82 Å². The molecule has 4 rings (SSSR count). The lowest BCUT2D eigenvalue weighted by atomic mass is 9.88. The number of hydrogen-bond donors (Lipinski definition) is 10. The number of nitrogens with zero attached hydrogens (tertiary/aromatic N) is 5. The third-order valence-electron chi connectivity index (χ3n) is 7.30. The summed E-state index contributed by atoms with van der Waals surface area (Å²) >= 11 is 0. The molecule has 4 heterocycles. The van der Waals surface area contributed by atoms with E-state index in [0.717, 1.165) is 22.4 Å². The molecule has 2 fully saturated rings. The van der Waals surface area contributed by atoms with Gasteiger partial charge in [-0.1, -0.05) is 5.21 Å². The Labute approximate surface area is 263 Å². The van der Waals surface area contributed by atoms with Crippen molar-refractivity contribution in [1.29, 1.82) is 0 Å². The van der Waals surface area contributed by atoms with E-state index in [-0.39, 0.29) is 12.4 Å². The highest BCUT2D eigenvalue weighted by molar-refractivity contribution is 7.47. The molecule has 2 saturated heterocycles. The maximum absolute atomic E-state index is 13.0. The van der Waals surface area contributed by atoms with Crippen molar-refractivity contribution in [3.63, 3.8) is 0 Å². The quantitative estimate of drug-likeness (QED) is 0.0874. The molecule has 47 heavy (non-hydrogen) atoms. The lowest BCUT2D eigenvalue weighted by Crippen LogP contribution is -2.67. The van der Waals surface area contributed by atoms with E-state index in [0.29, 0.717) is 5.69 Å². The van der Waals surface area contributed by atoms with Crippen LogP contribution in [-0.4, -0.2) is 133 Å². The monoisotopic (exact) mass is 694 g/mol. The number of nitrogens with one attached hydrogen (secondary N) is 1. The van der Waals surface area contributed by atoms with Gasteiger partial charge >= 0.3 is 19.5 Å². The third kappa shape index (κ3) is 8.17. The molecule has 2 aromatic rings. The number of ether oxygens (including phenoxy) is 2. The first-order valence-electron chi connectivity index (χ1n) is 13.8. The Kier molecular flexibility index (Phi) is 11.1. The van der Waals surface area contributed by atoms with Crippen LogP contribution in [0.4, 0.5) is 5.82 Å². The van der Waals surface area contributed by atoms with Gasteiger partial charge in [-0.15, -0.1) is 5.10 Å². The lowest BCUT2D eigenvalue weighted by molar-refractivity contribution is -0.288. The van der Waals surface area contributed by atoms with E-state index >= 15 is 0 Å². The first kappa shape index (κ1) is 36.4. The molecule has 2 aliphatic heterocycles. The molecular weight excluding hydrogens is 659 g/mol. The number of phosphoric ester groups is 1. The fraction of sp³-hybridized carbons (Fsp3) is 0.652. The second-order valence-electron chi connectivity index (χ2n) is 10.8. The fourth-order valence-corrected chi connectivity index (χ4v) is 5.99. The number of amides is 1. The van der Waals surface area contributed by atoms with Gasteiger partial charge in [-0.2, -0.15) is 4.98 Å². The molecule has 262 valence electrons. The van der Waals surface area contributed by atoms with E-state index in [1.54, 1.807) is 0 Å². The number of aliphatic carboxylic acids is 1. The topological polar surface area (TPSA) is 359 Å². The summed E-state index contributed by atoms with van der Waals surface area (Å²) in [6.07, 6.45) is -13.1. The highest BCUT2D eigenvalue weighted by atomic mass is 31.2. The summed E-state index contributed by atoms with van der Waals surface area (Å²) in [7, 11) is -5.55. The largest absolute Gasteiger partial charge is 0.477 e. The van der Waals surface area contributed by atoms with E-state index < -0.39 is 106 Å². The first-order chi connectivity index (χ1) is 22.0. The van der Waals surface area contributed by atoms with Gasteiger partial charge in [-0.25, -0.2) is 23.4 Å². The molecule has 0 aliphatic carbocycles. The van der Waals surface area contributed by atoms with Gasteiger partial charge in [0.2, 0.25) is 5.91 Å². The van der Waals surface area contributed by atoms with Crippen molar-refractivity contribution in [2.45, 2.75) is 87.2 Å². The minimum Gasteiger partial charge on any atom is -0.477 e. The Hall–Kier alpha value is -3.45. The molecule has 24 heteroatoms. The first-order valence-corrected chi connectivity index (χ1v) is 15.3. The molecule has 2 aromatic heterocycles. The average Bonchev–Trinajstić information content (AvgIpc) is 3.56. The predicted octanol–water partition coefficient (Wildman–Crippen LogP) is -5.51. The van der Waals surface area contributed by atoms with Crippen molar-refractivity contribution < 1.29 is 68.2 Å². The number of nitrogen functional groups attached to an aromatic ring is 1. The SMILES string of the molecule is CC(=O)N[C@H]1[C@H]([C@H](O)[C@H](O)Cn2cc(CN)nn2)O[C@](OP(=O)(O)OC[C@H]2O[C@@H](n3ccc(N)nc3=O)[C@H](O)[C@@H]2O)(C(=O)O)C[C@@H]1O. The van der Waals surface area contributed by atoms with Gasteiger partial charge in [-0.3, -0.25) is 13.9 Å². The van der Waals surface area contributed by atoms with Gasteiger partial charge in [0, 0.05) is 32.3 Å². The maximum atomic E-state index is 13.0. The van der Waals surface area contributed by atoms with Crippen LogP contribution in [0.1, 0.15) is 25.3 Å². The van der Waals surface area contributed by atoms with Crippen LogP contribution in [0.5, 0.6) is 0 Å². The summed E-state index contributed by atoms with van der Waals surface area (Å²) in [5.41, 5.74) is 10.3. The van der Waals surface area contributed by atoms with Crippen molar-refractivity contribution in [2.24, 2.45) is 5.73 Å². The standard InChI is InChI=1S/C23H35N8O15P/c1-9(32)26-15-11(33)4-23(21(38)39,45-19(15)16(35)12(34)7-30-6-10(5-24)28-29-30)46-47(41,42)43-8-13-17(36)18(37)20(44-13)31-3-2-14(25)27-22(31)40/h2-3,6,11-13,15-20,33-37H,4-5,7-8,24H2,1H3,(H,26,32)(H,38,39)(H,41,42)(H2,25,27,40)/t11-,12+,13+,15+,16+,17+,18+,19+,20+,23+/m0/s1. The molecule has 23 nitrogen and oxygen atoms in total. The molecule has 2 aliphatic rings. The van der Waals surface area contributed by atoms with E-state index in [9.17, 15) is 54.5 Å². The number of carboxylic acids is 1. The fourth-order valence-electron chi connectivity index (χ4n) is 5.03. The minimum absolute atomic E-state index is 0.00995. The Morgan fingerprint density at radius 3 is 2.57 bits per heavy atom. The summed E-state index contributed by atoms with van der Waals surface area (Å²) in [5.74, 6) is -6.18. The van der Waals surface area contributed by atoms with Gasteiger partial charge in [0.1, 0.15) is 42.4 Å². The van der Waals surface area contributed by atoms with Crippen LogP contribution in [0.15, 0.2) is 23.3 Å². The van der Waals surface area contributed by atoms with Crippen LogP contribution in [0.2, 0.25) is 0 Å². The highest BCUT2D eigenvalue weighted by Crippen LogP contribution is 2.51. The summed E-state index contributed by atoms with van der Waals surface area (Å²) < 4.78 is 35.5. The van der Waals surface area contributed by atoms with E-state index in [1.165, 1.54) is 12.3 Å². The Morgan fingerprint density at radius 1 is 1.28 bits per heavy atom. The second-order valence-corrected chi connectivity index (χ2v) is 12.2. The van der Waals surface area contributed by atoms with E-state index in [1.807, 2.05) is 0 Å². The van der Waals surface area contributed by atoms with Crippen molar-refractivity contribution in [3.05, 3.63) is 34.6 Å². The number of aliphatic hydroxyl groups excluding tert-OH is 5. The maximum Gasteiger partial charge on any atom is 0.475 e.